The van der Waals surface area contributed by atoms with Gasteiger partial charge in [-0.3, -0.25) is 0 Å². The third-order valence-corrected chi connectivity index (χ3v) is 3.77. The fourth-order valence-corrected chi connectivity index (χ4v) is 2.58. The van der Waals surface area contributed by atoms with Crippen LogP contribution in [0.5, 0.6) is 5.88 Å². The van der Waals surface area contributed by atoms with E-state index in [1.807, 2.05) is 12.1 Å². The van der Waals surface area contributed by atoms with Crippen LogP contribution in [0.15, 0.2) is 12.1 Å². The Morgan fingerprint density at radius 1 is 1.30 bits per heavy atom. The second-order valence-corrected chi connectivity index (χ2v) is 5.98. The number of anilines is 2. The molecule has 1 aliphatic heterocycles. The molecular weight excluding hydrogens is 254 g/mol. The first-order valence-corrected chi connectivity index (χ1v) is 7.41. The number of hydrogen-bond donors (Lipinski definition) is 1. The van der Waals surface area contributed by atoms with Crippen LogP contribution < -0.4 is 15.4 Å². The molecule has 0 unspecified atom stereocenters. The lowest BCUT2D eigenvalue weighted by Gasteiger charge is -2.36. The van der Waals surface area contributed by atoms with E-state index in [9.17, 15) is 0 Å². The van der Waals surface area contributed by atoms with Crippen LogP contribution in [0.4, 0.5) is 11.5 Å². The van der Waals surface area contributed by atoms with Gasteiger partial charge in [0, 0.05) is 13.1 Å². The van der Waals surface area contributed by atoms with Crippen molar-refractivity contribution in [3.63, 3.8) is 0 Å². The predicted octanol–water partition coefficient (Wildman–Crippen LogP) is 2.07. The van der Waals surface area contributed by atoms with Crippen molar-refractivity contribution in [2.75, 3.05) is 30.3 Å². The maximum Gasteiger partial charge on any atom is 0.239 e. The normalized spacial score (nSPS) is 26.6. The third kappa shape index (κ3) is 3.15. The van der Waals surface area contributed by atoms with E-state index < -0.39 is 0 Å². The zero-order valence-electron chi connectivity index (χ0n) is 12.2. The van der Waals surface area contributed by atoms with Crippen LogP contribution in [0, 0.1) is 5.92 Å². The minimum atomic E-state index is 0.217. The average Bonchev–Trinajstić information content (AvgIpc) is 3.20. The molecule has 3 rings (SSSR count). The van der Waals surface area contributed by atoms with Gasteiger partial charge < -0.3 is 20.1 Å². The molecule has 1 aromatic heterocycles. The summed E-state index contributed by atoms with van der Waals surface area (Å²) in [6.45, 7) is 6.61. The Hall–Kier alpha value is -1.49. The molecule has 5 nitrogen and oxygen atoms in total. The van der Waals surface area contributed by atoms with E-state index in [0.717, 1.165) is 25.5 Å². The van der Waals surface area contributed by atoms with Gasteiger partial charge in [0.15, 0.2) is 0 Å². The van der Waals surface area contributed by atoms with E-state index in [1.54, 1.807) is 0 Å². The number of rotatable bonds is 4. The van der Waals surface area contributed by atoms with Crippen LogP contribution in [-0.4, -0.2) is 36.9 Å². The molecule has 2 N–H and O–H groups in total. The van der Waals surface area contributed by atoms with Crippen molar-refractivity contribution in [3.05, 3.63) is 12.1 Å². The lowest BCUT2D eigenvalue weighted by Crippen LogP contribution is -2.45. The number of nitrogen functional groups attached to an aromatic ring is 1. The van der Waals surface area contributed by atoms with Gasteiger partial charge in [0.1, 0.15) is 5.82 Å². The molecule has 0 radical (unpaired) electrons. The number of morpholine rings is 1. The van der Waals surface area contributed by atoms with E-state index in [0.29, 0.717) is 17.5 Å². The van der Waals surface area contributed by atoms with Crippen molar-refractivity contribution in [2.24, 2.45) is 5.92 Å². The first kappa shape index (κ1) is 13.5. The number of pyridine rings is 1. The maximum atomic E-state index is 5.95. The van der Waals surface area contributed by atoms with Crippen LogP contribution in [-0.2, 0) is 4.74 Å². The molecule has 0 amide bonds. The molecule has 110 valence electrons. The fourth-order valence-electron chi connectivity index (χ4n) is 2.58. The molecule has 2 fully saturated rings. The topological polar surface area (TPSA) is 60.6 Å². The van der Waals surface area contributed by atoms with Gasteiger partial charge in [-0.2, -0.15) is 4.98 Å². The van der Waals surface area contributed by atoms with Gasteiger partial charge in [-0.1, -0.05) is 0 Å². The Bertz CT molecular complexity index is 466. The standard InChI is InChI=1S/C15H23N3O2/c1-10-7-18(8-11(2)20-10)14-6-5-13(16)15(17-14)19-9-12-3-4-12/h5-6,10-12H,3-4,7-9,16H2,1-2H3/t10-,11+. The number of ether oxygens (including phenoxy) is 2. The smallest absolute Gasteiger partial charge is 0.239 e. The summed E-state index contributed by atoms with van der Waals surface area (Å²) in [5.74, 6) is 2.19. The van der Waals surface area contributed by atoms with Crippen LogP contribution in [0.3, 0.4) is 0 Å². The molecule has 20 heavy (non-hydrogen) atoms. The molecule has 2 atom stereocenters. The van der Waals surface area contributed by atoms with Gasteiger partial charge >= 0.3 is 0 Å². The lowest BCUT2D eigenvalue weighted by atomic mass is 10.2. The van der Waals surface area contributed by atoms with Crippen molar-refractivity contribution >= 4 is 11.5 Å². The van der Waals surface area contributed by atoms with Gasteiger partial charge in [0.05, 0.1) is 24.5 Å². The van der Waals surface area contributed by atoms with Gasteiger partial charge in [-0.05, 0) is 44.7 Å². The SMILES string of the molecule is C[C@@H]1CN(c2ccc(N)c(OCC3CC3)n2)C[C@H](C)O1. The van der Waals surface area contributed by atoms with Crippen LogP contribution >= 0.6 is 0 Å². The Morgan fingerprint density at radius 3 is 2.65 bits per heavy atom. The lowest BCUT2D eigenvalue weighted by molar-refractivity contribution is -0.00549. The monoisotopic (exact) mass is 277 g/mol. The Labute approximate surface area is 120 Å². The summed E-state index contributed by atoms with van der Waals surface area (Å²) in [6.07, 6.45) is 2.96. The molecule has 0 aromatic carbocycles. The molecule has 1 saturated carbocycles. The summed E-state index contributed by atoms with van der Waals surface area (Å²) < 4.78 is 11.5. The molecule has 1 aliphatic carbocycles. The Balaban J connectivity index is 1.73. The van der Waals surface area contributed by atoms with Crippen molar-refractivity contribution in [2.45, 2.75) is 38.9 Å². The summed E-state index contributed by atoms with van der Waals surface area (Å²) >= 11 is 0. The highest BCUT2D eigenvalue weighted by Gasteiger charge is 2.25. The van der Waals surface area contributed by atoms with Crippen LogP contribution in [0.1, 0.15) is 26.7 Å². The molecule has 2 heterocycles. The van der Waals surface area contributed by atoms with E-state index >= 15 is 0 Å². The number of aromatic nitrogens is 1. The summed E-state index contributed by atoms with van der Waals surface area (Å²) in [4.78, 5) is 6.83. The van der Waals surface area contributed by atoms with Crippen molar-refractivity contribution in [1.82, 2.24) is 4.98 Å². The predicted molar refractivity (Wildman–Crippen MR) is 79.1 cm³/mol. The summed E-state index contributed by atoms with van der Waals surface area (Å²) in [5, 5.41) is 0. The minimum Gasteiger partial charge on any atom is -0.476 e. The average molecular weight is 277 g/mol. The van der Waals surface area contributed by atoms with Crippen LogP contribution in [0.25, 0.3) is 0 Å². The highest BCUT2D eigenvalue weighted by Crippen LogP contribution is 2.31. The van der Waals surface area contributed by atoms with Crippen LogP contribution in [0.2, 0.25) is 0 Å². The molecule has 5 heteroatoms. The summed E-state index contributed by atoms with van der Waals surface area (Å²) in [6, 6.07) is 3.85. The third-order valence-electron chi connectivity index (χ3n) is 3.77. The number of hydrogen-bond acceptors (Lipinski definition) is 5. The highest BCUT2D eigenvalue weighted by atomic mass is 16.5. The number of nitrogens with two attached hydrogens (primary N) is 1. The molecule has 1 saturated heterocycles. The van der Waals surface area contributed by atoms with E-state index in [2.05, 4.69) is 23.7 Å². The van der Waals surface area contributed by atoms with Gasteiger partial charge in [0.25, 0.3) is 0 Å². The highest BCUT2D eigenvalue weighted by molar-refractivity contribution is 5.54. The zero-order valence-corrected chi connectivity index (χ0v) is 12.2. The maximum absolute atomic E-state index is 5.95. The van der Waals surface area contributed by atoms with E-state index in [-0.39, 0.29) is 12.2 Å². The van der Waals surface area contributed by atoms with Crippen molar-refractivity contribution < 1.29 is 9.47 Å². The Kier molecular flexibility index (Phi) is 3.70. The Morgan fingerprint density at radius 2 is 2.00 bits per heavy atom. The number of nitrogens with zero attached hydrogens (tertiary/aromatic N) is 2. The fraction of sp³-hybridized carbons (Fsp3) is 0.667. The molecule has 0 bridgehead atoms. The largest absolute Gasteiger partial charge is 0.476 e. The van der Waals surface area contributed by atoms with Gasteiger partial charge in [-0.15, -0.1) is 0 Å². The first-order chi connectivity index (χ1) is 9.61. The van der Waals surface area contributed by atoms with E-state index in [1.165, 1.54) is 12.8 Å². The quantitative estimate of drug-likeness (QED) is 0.913. The van der Waals surface area contributed by atoms with Crippen molar-refractivity contribution in [3.8, 4) is 5.88 Å². The summed E-state index contributed by atoms with van der Waals surface area (Å²) in [7, 11) is 0. The molecule has 0 spiro atoms. The first-order valence-electron chi connectivity index (χ1n) is 7.41. The van der Waals surface area contributed by atoms with Crippen molar-refractivity contribution in [1.29, 1.82) is 0 Å². The zero-order chi connectivity index (χ0) is 14.1. The second-order valence-electron chi connectivity index (χ2n) is 5.98. The molecule has 1 aromatic rings. The minimum absolute atomic E-state index is 0.217. The van der Waals surface area contributed by atoms with E-state index in [4.69, 9.17) is 15.2 Å². The van der Waals surface area contributed by atoms with Gasteiger partial charge in [0.2, 0.25) is 5.88 Å². The second kappa shape index (κ2) is 5.48. The molecule has 2 aliphatic rings. The molecular formula is C15H23N3O2. The summed E-state index contributed by atoms with van der Waals surface area (Å²) in [5.41, 5.74) is 6.56. The van der Waals surface area contributed by atoms with Gasteiger partial charge in [-0.25, -0.2) is 0 Å².